The zero-order valence-corrected chi connectivity index (χ0v) is 17.2. The number of carbonyl (C=O) groups is 2. The van der Waals surface area contributed by atoms with Gasteiger partial charge in [0.1, 0.15) is 0 Å². The maximum absolute atomic E-state index is 12.7. The summed E-state index contributed by atoms with van der Waals surface area (Å²) in [4.78, 5) is 33.7. The van der Waals surface area contributed by atoms with Crippen LogP contribution in [0.25, 0.3) is 0 Å². The van der Waals surface area contributed by atoms with Gasteiger partial charge in [-0.15, -0.1) is 0 Å². The van der Waals surface area contributed by atoms with Crippen LogP contribution in [0.5, 0.6) is 0 Å². The number of amides is 2. The van der Waals surface area contributed by atoms with Crippen LogP contribution in [0.4, 0.5) is 0 Å². The number of imide groups is 1. The number of likely N-dealkylation sites (N-methyl/N-ethyl adjacent to an activating group) is 1. The number of likely N-dealkylation sites (tertiary alicyclic amines) is 1. The van der Waals surface area contributed by atoms with E-state index in [1.165, 1.54) is 4.90 Å². The summed E-state index contributed by atoms with van der Waals surface area (Å²) in [6.45, 7) is 8.61. The van der Waals surface area contributed by atoms with Gasteiger partial charge in [-0.3, -0.25) is 19.5 Å². The smallest absolute Gasteiger partial charge is 0.233 e. The summed E-state index contributed by atoms with van der Waals surface area (Å²) >= 11 is 0. The minimum atomic E-state index is -0.115. The molecule has 1 saturated carbocycles. The molecule has 2 bridgehead atoms. The molecule has 3 rings (SSSR count). The van der Waals surface area contributed by atoms with Gasteiger partial charge in [0.2, 0.25) is 11.8 Å². The summed E-state index contributed by atoms with van der Waals surface area (Å²) in [6.07, 6.45) is 5.22. The molecule has 27 heavy (non-hydrogen) atoms. The quantitative estimate of drug-likeness (QED) is 0.296. The van der Waals surface area contributed by atoms with E-state index < -0.39 is 0 Å². The summed E-state index contributed by atoms with van der Waals surface area (Å²) in [7, 11) is 4.08. The molecule has 1 aliphatic heterocycles. The molecule has 0 aromatic rings. The van der Waals surface area contributed by atoms with Gasteiger partial charge in [0, 0.05) is 25.2 Å². The van der Waals surface area contributed by atoms with Crippen LogP contribution < -0.4 is 10.6 Å². The molecular weight excluding hydrogens is 342 g/mol. The number of rotatable bonds is 7. The van der Waals surface area contributed by atoms with Gasteiger partial charge >= 0.3 is 0 Å². The molecule has 0 aromatic carbocycles. The Morgan fingerprint density at radius 3 is 2.30 bits per heavy atom. The third-order valence-corrected chi connectivity index (χ3v) is 6.37. The normalized spacial score (nSPS) is 29.9. The molecule has 0 aromatic heterocycles. The van der Waals surface area contributed by atoms with E-state index in [4.69, 9.17) is 0 Å². The first-order valence-corrected chi connectivity index (χ1v) is 9.99. The van der Waals surface area contributed by atoms with Gasteiger partial charge in [0.05, 0.1) is 18.4 Å². The zero-order valence-electron chi connectivity index (χ0n) is 17.2. The van der Waals surface area contributed by atoms with Crippen molar-refractivity contribution in [3.05, 3.63) is 12.2 Å². The monoisotopic (exact) mass is 375 g/mol. The first kappa shape index (κ1) is 19.9. The standard InChI is InChI=1S/C20H33N5O2/c1-6-21-19(23-12-20(2,3)24(4)5)22-9-10-25-17(26)15-13-7-8-14(11-13)16(15)18(25)27/h7-8,13-16H,6,9-12H2,1-5H3,(H2,21,22,23). The molecule has 7 nitrogen and oxygen atoms in total. The molecule has 1 heterocycles. The van der Waals surface area contributed by atoms with Crippen LogP contribution in [-0.4, -0.2) is 73.4 Å². The van der Waals surface area contributed by atoms with Crippen molar-refractivity contribution in [3.63, 3.8) is 0 Å². The number of allylic oxidation sites excluding steroid dienone is 2. The highest BCUT2D eigenvalue weighted by atomic mass is 16.2. The Bertz CT molecular complexity index is 625. The molecule has 2 N–H and O–H groups in total. The minimum Gasteiger partial charge on any atom is -0.357 e. The van der Waals surface area contributed by atoms with Crippen molar-refractivity contribution < 1.29 is 9.59 Å². The Morgan fingerprint density at radius 2 is 1.78 bits per heavy atom. The molecule has 0 spiro atoms. The van der Waals surface area contributed by atoms with Crippen molar-refractivity contribution >= 4 is 17.8 Å². The number of guanidine groups is 1. The number of nitrogens with one attached hydrogen (secondary N) is 2. The molecule has 4 atom stereocenters. The van der Waals surface area contributed by atoms with E-state index >= 15 is 0 Å². The van der Waals surface area contributed by atoms with Gasteiger partial charge in [0.25, 0.3) is 0 Å². The van der Waals surface area contributed by atoms with Crippen LogP contribution in [0.15, 0.2) is 17.1 Å². The molecular formula is C20H33N5O2. The highest BCUT2D eigenvalue weighted by Gasteiger charge is 2.58. The summed E-state index contributed by atoms with van der Waals surface area (Å²) in [5, 5.41) is 6.49. The first-order chi connectivity index (χ1) is 12.8. The Labute approximate surface area is 162 Å². The second-order valence-electron chi connectivity index (χ2n) is 8.66. The molecule has 7 heteroatoms. The Kier molecular flexibility index (Phi) is 5.60. The summed E-state index contributed by atoms with van der Waals surface area (Å²) in [5.74, 6) is 1.04. The van der Waals surface area contributed by atoms with E-state index in [0.717, 1.165) is 13.0 Å². The van der Waals surface area contributed by atoms with Crippen LogP contribution in [0.3, 0.4) is 0 Å². The topological polar surface area (TPSA) is 77.0 Å². The van der Waals surface area contributed by atoms with E-state index in [1.807, 2.05) is 21.0 Å². The fraction of sp³-hybridized carbons (Fsp3) is 0.750. The van der Waals surface area contributed by atoms with Gasteiger partial charge < -0.3 is 15.5 Å². The fourth-order valence-electron chi connectivity index (χ4n) is 4.23. The lowest BCUT2D eigenvalue weighted by Gasteiger charge is -2.31. The van der Waals surface area contributed by atoms with Crippen LogP contribution in [-0.2, 0) is 9.59 Å². The van der Waals surface area contributed by atoms with Crippen LogP contribution in [0.2, 0.25) is 0 Å². The predicted octanol–water partition coefficient (Wildman–Crippen LogP) is 0.689. The second-order valence-corrected chi connectivity index (χ2v) is 8.66. The van der Waals surface area contributed by atoms with Crippen molar-refractivity contribution in [1.29, 1.82) is 0 Å². The molecule has 3 aliphatic rings. The second kappa shape index (κ2) is 7.62. The summed E-state index contributed by atoms with van der Waals surface area (Å²) in [6, 6.07) is 0. The van der Waals surface area contributed by atoms with E-state index in [0.29, 0.717) is 25.6 Å². The number of hydrogen-bond donors (Lipinski definition) is 2. The summed E-state index contributed by atoms with van der Waals surface area (Å²) < 4.78 is 0. The molecule has 2 amide bonds. The van der Waals surface area contributed by atoms with E-state index in [9.17, 15) is 9.59 Å². The Balaban J connectivity index is 1.55. The number of nitrogens with zero attached hydrogens (tertiary/aromatic N) is 3. The lowest BCUT2D eigenvalue weighted by molar-refractivity contribution is -0.140. The maximum atomic E-state index is 12.7. The number of hydrogen-bond acceptors (Lipinski definition) is 4. The molecule has 150 valence electrons. The van der Waals surface area contributed by atoms with Crippen molar-refractivity contribution in [2.24, 2.45) is 28.7 Å². The third kappa shape index (κ3) is 3.74. The van der Waals surface area contributed by atoms with E-state index in [-0.39, 0.29) is 41.0 Å². The fourth-order valence-corrected chi connectivity index (χ4v) is 4.23. The highest BCUT2D eigenvalue weighted by molar-refractivity contribution is 6.06. The van der Waals surface area contributed by atoms with Gasteiger partial charge in [-0.1, -0.05) is 12.2 Å². The number of aliphatic imine (C=N–C) groups is 1. The SMILES string of the molecule is CCNC(=NCC(C)(C)N(C)C)NCCN1C(=O)C2C3C=CC(C3)C2C1=O. The van der Waals surface area contributed by atoms with Crippen molar-refractivity contribution in [2.75, 3.05) is 40.3 Å². The van der Waals surface area contributed by atoms with Gasteiger partial charge in [-0.25, -0.2) is 0 Å². The molecule has 1 saturated heterocycles. The Morgan fingerprint density at radius 1 is 1.19 bits per heavy atom. The minimum absolute atomic E-state index is 0.0133. The molecule has 0 radical (unpaired) electrons. The van der Waals surface area contributed by atoms with Gasteiger partial charge in [-0.2, -0.15) is 0 Å². The van der Waals surface area contributed by atoms with Crippen LogP contribution >= 0.6 is 0 Å². The Hall–Kier alpha value is -1.89. The van der Waals surface area contributed by atoms with E-state index in [1.54, 1.807) is 0 Å². The summed E-state index contributed by atoms with van der Waals surface area (Å²) in [5.41, 5.74) is -0.0487. The van der Waals surface area contributed by atoms with Crippen molar-refractivity contribution in [3.8, 4) is 0 Å². The van der Waals surface area contributed by atoms with Crippen LogP contribution in [0.1, 0.15) is 27.2 Å². The average molecular weight is 376 g/mol. The van der Waals surface area contributed by atoms with Gasteiger partial charge in [-0.05, 0) is 53.1 Å². The van der Waals surface area contributed by atoms with E-state index in [2.05, 4.69) is 46.5 Å². The average Bonchev–Trinajstić information content (AvgIpc) is 3.28. The zero-order chi connectivity index (χ0) is 19.8. The van der Waals surface area contributed by atoms with Crippen LogP contribution in [0, 0.1) is 23.7 Å². The molecule has 2 fully saturated rings. The predicted molar refractivity (Wildman–Crippen MR) is 106 cm³/mol. The first-order valence-electron chi connectivity index (χ1n) is 9.99. The highest BCUT2D eigenvalue weighted by Crippen LogP contribution is 2.52. The number of fused-ring (bicyclic) bond motifs is 5. The lowest BCUT2D eigenvalue weighted by atomic mass is 9.85. The molecule has 4 unspecified atom stereocenters. The largest absolute Gasteiger partial charge is 0.357 e. The van der Waals surface area contributed by atoms with Crippen molar-refractivity contribution in [2.45, 2.75) is 32.7 Å². The number of carbonyl (C=O) groups excluding carboxylic acids is 2. The van der Waals surface area contributed by atoms with Crippen molar-refractivity contribution in [1.82, 2.24) is 20.4 Å². The lowest BCUT2D eigenvalue weighted by Crippen LogP contribution is -2.46. The third-order valence-electron chi connectivity index (χ3n) is 6.37. The van der Waals surface area contributed by atoms with Gasteiger partial charge in [0.15, 0.2) is 5.96 Å². The molecule has 2 aliphatic carbocycles. The maximum Gasteiger partial charge on any atom is 0.233 e.